The van der Waals surface area contributed by atoms with Crippen molar-refractivity contribution < 1.29 is 19.4 Å². The number of likely N-dealkylation sites (tertiary alicyclic amines) is 1. The monoisotopic (exact) mass is 291 g/mol. The Morgan fingerprint density at radius 3 is 2.90 bits per heavy atom. The van der Waals surface area contributed by atoms with Gasteiger partial charge in [-0.15, -0.1) is 0 Å². The largest absolute Gasteiger partial charge is 0.481 e. The summed E-state index contributed by atoms with van der Waals surface area (Å²) in [5, 5.41) is 9.43. The Labute approximate surface area is 124 Å². The first kappa shape index (κ1) is 14.2. The molecule has 2 atom stereocenters. The summed E-state index contributed by atoms with van der Waals surface area (Å²) in [5.74, 6) is 0.849. The van der Waals surface area contributed by atoms with Gasteiger partial charge >= 0.3 is 5.97 Å². The Hall–Kier alpha value is -1.75. The van der Waals surface area contributed by atoms with Crippen molar-refractivity contribution in [1.29, 1.82) is 0 Å². The van der Waals surface area contributed by atoms with Crippen LogP contribution in [0.1, 0.15) is 38.3 Å². The normalized spacial score (nSPS) is 26.6. The van der Waals surface area contributed by atoms with Gasteiger partial charge in [-0.3, -0.25) is 9.69 Å². The lowest BCUT2D eigenvalue weighted by molar-refractivity contribution is -0.151. The molecule has 0 spiro atoms. The van der Waals surface area contributed by atoms with E-state index in [2.05, 4.69) is 11.8 Å². The highest BCUT2D eigenvalue weighted by atomic mass is 16.7. The summed E-state index contributed by atoms with van der Waals surface area (Å²) in [4.78, 5) is 13.7. The van der Waals surface area contributed by atoms with E-state index in [9.17, 15) is 9.90 Å². The number of aliphatic carboxylic acids is 1. The van der Waals surface area contributed by atoms with Crippen LogP contribution >= 0.6 is 0 Å². The molecule has 1 aromatic rings. The second kappa shape index (κ2) is 5.22. The van der Waals surface area contributed by atoms with Gasteiger partial charge in [-0.1, -0.05) is 6.07 Å². The maximum absolute atomic E-state index is 11.5. The maximum atomic E-state index is 11.5. The number of benzene rings is 1. The van der Waals surface area contributed by atoms with Crippen molar-refractivity contribution in [3.63, 3.8) is 0 Å². The average molecular weight is 291 g/mol. The minimum absolute atomic E-state index is 0.165. The second-order valence-corrected chi connectivity index (χ2v) is 6.23. The smallest absolute Gasteiger partial charge is 0.310 e. The molecule has 2 aliphatic heterocycles. The lowest BCUT2D eigenvalue weighted by Crippen LogP contribution is -2.46. The molecule has 21 heavy (non-hydrogen) atoms. The Balaban J connectivity index is 1.78. The molecule has 2 heterocycles. The second-order valence-electron chi connectivity index (χ2n) is 6.23. The van der Waals surface area contributed by atoms with Crippen LogP contribution in [0.3, 0.4) is 0 Å². The molecule has 5 nitrogen and oxygen atoms in total. The molecule has 5 heteroatoms. The predicted octanol–water partition coefficient (Wildman–Crippen LogP) is 2.66. The van der Waals surface area contributed by atoms with Crippen LogP contribution in [0.2, 0.25) is 0 Å². The van der Waals surface area contributed by atoms with Crippen LogP contribution < -0.4 is 9.47 Å². The molecule has 0 bridgehead atoms. The molecule has 1 N–H and O–H groups in total. The standard InChI is InChI=1S/C16H21NO4/c1-11(12-4-5-13-14(8-12)21-10-20-13)17-7-3-6-16(2,9-17)15(18)19/h4-5,8,11H,3,6-7,9-10H2,1-2H3,(H,18,19). The summed E-state index contributed by atoms with van der Waals surface area (Å²) in [7, 11) is 0. The number of hydrogen-bond acceptors (Lipinski definition) is 4. The molecule has 0 aliphatic carbocycles. The molecule has 2 unspecified atom stereocenters. The summed E-state index contributed by atoms with van der Waals surface area (Å²) in [5.41, 5.74) is 0.483. The van der Waals surface area contributed by atoms with Crippen molar-refractivity contribution in [2.24, 2.45) is 5.41 Å². The van der Waals surface area contributed by atoms with Gasteiger partial charge in [-0.2, -0.15) is 0 Å². The van der Waals surface area contributed by atoms with Crippen LogP contribution in [0.25, 0.3) is 0 Å². The van der Waals surface area contributed by atoms with Crippen LogP contribution in [-0.2, 0) is 4.79 Å². The summed E-state index contributed by atoms with van der Waals surface area (Å²) < 4.78 is 10.8. The van der Waals surface area contributed by atoms with Gasteiger partial charge in [0.1, 0.15) is 0 Å². The van der Waals surface area contributed by atoms with Crippen molar-refractivity contribution in [3.05, 3.63) is 23.8 Å². The zero-order valence-corrected chi connectivity index (χ0v) is 12.5. The number of hydrogen-bond donors (Lipinski definition) is 1. The van der Waals surface area contributed by atoms with Crippen LogP contribution in [0.5, 0.6) is 11.5 Å². The van der Waals surface area contributed by atoms with Crippen LogP contribution in [0.15, 0.2) is 18.2 Å². The van der Waals surface area contributed by atoms with E-state index >= 15 is 0 Å². The zero-order chi connectivity index (χ0) is 15.0. The number of carbonyl (C=O) groups is 1. The number of carboxylic acids is 1. The topological polar surface area (TPSA) is 59.0 Å². The molecule has 0 amide bonds. The minimum Gasteiger partial charge on any atom is -0.481 e. The molecule has 0 aromatic heterocycles. The first-order valence-corrected chi connectivity index (χ1v) is 7.37. The highest BCUT2D eigenvalue weighted by Crippen LogP contribution is 2.38. The van der Waals surface area contributed by atoms with Gasteiger partial charge in [-0.05, 0) is 50.9 Å². The Bertz CT molecular complexity index is 559. The molecular weight excluding hydrogens is 270 g/mol. The van der Waals surface area contributed by atoms with Crippen molar-refractivity contribution in [1.82, 2.24) is 4.90 Å². The highest BCUT2D eigenvalue weighted by molar-refractivity contribution is 5.74. The van der Waals surface area contributed by atoms with Gasteiger partial charge in [0.05, 0.1) is 5.41 Å². The van der Waals surface area contributed by atoms with E-state index in [4.69, 9.17) is 9.47 Å². The number of carboxylic acid groups (broad SMARTS) is 1. The van der Waals surface area contributed by atoms with Crippen molar-refractivity contribution in [2.45, 2.75) is 32.7 Å². The number of rotatable bonds is 3. The molecule has 1 fully saturated rings. The van der Waals surface area contributed by atoms with Gasteiger partial charge in [0.15, 0.2) is 11.5 Å². The summed E-state index contributed by atoms with van der Waals surface area (Å²) in [6.45, 7) is 5.74. The molecule has 1 saturated heterocycles. The van der Waals surface area contributed by atoms with Gasteiger partial charge in [0, 0.05) is 12.6 Å². The zero-order valence-electron chi connectivity index (χ0n) is 12.5. The van der Waals surface area contributed by atoms with E-state index in [1.54, 1.807) is 0 Å². The molecule has 0 saturated carbocycles. The molecule has 3 rings (SSSR count). The quantitative estimate of drug-likeness (QED) is 0.927. The van der Waals surface area contributed by atoms with E-state index in [0.717, 1.165) is 36.4 Å². The summed E-state index contributed by atoms with van der Waals surface area (Å²) >= 11 is 0. The van der Waals surface area contributed by atoms with E-state index in [1.165, 1.54) is 0 Å². The number of piperidine rings is 1. The fourth-order valence-electron chi connectivity index (χ4n) is 3.17. The van der Waals surface area contributed by atoms with Gasteiger partial charge in [-0.25, -0.2) is 0 Å². The summed E-state index contributed by atoms with van der Waals surface area (Å²) in [6, 6.07) is 6.12. The molecule has 2 aliphatic rings. The summed E-state index contributed by atoms with van der Waals surface area (Å²) in [6.07, 6.45) is 1.66. The van der Waals surface area contributed by atoms with Crippen molar-refractivity contribution in [3.8, 4) is 11.5 Å². The van der Waals surface area contributed by atoms with E-state index in [1.807, 2.05) is 25.1 Å². The van der Waals surface area contributed by atoms with E-state index in [0.29, 0.717) is 6.54 Å². The number of nitrogens with zero attached hydrogens (tertiary/aromatic N) is 1. The van der Waals surface area contributed by atoms with Gasteiger partial charge in [0.25, 0.3) is 0 Å². The predicted molar refractivity (Wildman–Crippen MR) is 77.5 cm³/mol. The highest BCUT2D eigenvalue weighted by Gasteiger charge is 2.39. The van der Waals surface area contributed by atoms with Gasteiger partial charge in [0.2, 0.25) is 6.79 Å². The first-order chi connectivity index (χ1) is 9.99. The minimum atomic E-state index is -0.704. The van der Waals surface area contributed by atoms with Crippen LogP contribution in [0.4, 0.5) is 0 Å². The average Bonchev–Trinajstić information content (AvgIpc) is 2.93. The molecule has 1 aromatic carbocycles. The number of fused-ring (bicyclic) bond motifs is 1. The third kappa shape index (κ3) is 2.58. The van der Waals surface area contributed by atoms with Crippen LogP contribution in [-0.4, -0.2) is 35.9 Å². The number of ether oxygens (including phenoxy) is 2. The van der Waals surface area contributed by atoms with Crippen LogP contribution in [0, 0.1) is 5.41 Å². The van der Waals surface area contributed by atoms with Crippen molar-refractivity contribution >= 4 is 5.97 Å². The Kier molecular flexibility index (Phi) is 3.53. The SMILES string of the molecule is CC(c1ccc2c(c1)OCO2)N1CCCC(C)(C(=O)O)C1. The molecule has 114 valence electrons. The lowest BCUT2D eigenvalue weighted by atomic mass is 9.81. The molecular formula is C16H21NO4. The third-order valence-corrected chi connectivity index (χ3v) is 4.67. The van der Waals surface area contributed by atoms with Crippen molar-refractivity contribution in [2.75, 3.05) is 19.9 Å². The third-order valence-electron chi connectivity index (χ3n) is 4.67. The van der Waals surface area contributed by atoms with Gasteiger partial charge < -0.3 is 14.6 Å². The van der Waals surface area contributed by atoms with E-state index in [-0.39, 0.29) is 12.8 Å². The fourth-order valence-corrected chi connectivity index (χ4v) is 3.17. The Morgan fingerprint density at radius 1 is 1.38 bits per heavy atom. The fraction of sp³-hybridized carbons (Fsp3) is 0.562. The lowest BCUT2D eigenvalue weighted by Gasteiger charge is -2.40. The maximum Gasteiger partial charge on any atom is 0.310 e. The molecule has 0 radical (unpaired) electrons. The van der Waals surface area contributed by atoms with E-state index < -0.39 is 11.4 Å². The Morgan fingerprint density at radius 2 is 2.14 bits per heavy atom. The first-order valence-electron chi connectivity index (χ1n) is 7.37.